The first-order chi connectivity index (χ1) is 28.5. The Hall–Kier alpha value is -7.29. The Morgan fingerprint density at radius 1 is 0.345 bits per heavy atom. The first kappa shape index (κ1) is 34.0. The highest BCUT2D eigenvalue weighted by molar-refractivity contribution is 6.10. The van der Waals surface area contributed by atoms with Crippen molar-refractivity contribution in [2.45, 2.75) is 19.3 Å². The highest BCUT2D eigenvalue weighted by atomic mass is 15.0. The maximum atomic E-state index is 5.09. The normalized spacial score (nSPS) is 12.8. The van der Waals surface area contributed by atoms with Crippen LogP contribution in [0.1, 0.15) is 25.0 Å². The fourth-order valence-electron chi connectivity index (χ4n) is 9.18. The average Bonchev–Trinajstić information content (AvgIpc) is 3.74. The second-order valence-electron chi connectivity index (χ2n) is 16.0. The molecule has 1 aliphatic rings. The molecule has 0 fully saturated rings. The Labute approximate surface area is 339 Å². The number of nitrogens with zero attached hydrogens (tertiary/aromatic N) is 2. The van der Waals surface area contributed by atoms with Crippen molar-refractivity contribution in [3.05, 3.63) is 217 Å². The molecule has 0 radical (unpaired) electrons. The molecule has 8 aromatic carbocycles. The molecule has 0 saturated carbocycles. The van der Waals surface area contributed by atoms with Crippen molar-refractivity contribution < 1.29 is 0 Å². The van der Waals surface area contributed by atoms with Crippen LogP contribution in [0.4, 0.5) is 0 Å². The predicted octanol–water partition coefficient (Wildman–Crippen LogP) is 14.8. The van der Waals surface area contributed by atoms with Gasteiger partial charge in [-0.3, -0.25) is 0 Å². The number of fused-ring (bicyclic) bond motifs is 6. The van der Waals surface area contributed by atoms with E-state index in [1.807, 2.05) is 12.1 Å². The quantitative estimate of drug-likeness (QED) is 0.166. The van der Waals surface area contributed by atoms with Gasteiger partial charge in [-0.15, -0.1) is 0 Å². The second-order valence-corrected chi connectivity index (χ2v) is 16.0. The Balaban J connectivity index is 0.933. The minimum absolute atomic E-state index is 0.0166. The van der Waals surface area contributed by atoms with E-state index in [9.17, 15) is 0 Å². The molecule has 0 amide bonds. The summed E-state index contributed by atoms with van der Waals surface area (Å²) in [6.45, 7) is 4.69. The van der Waals surface area contributed by atoms with Gasteiger partial charge in [0.05, 0.1) is 22.4 Å². The fraction of sp³-hybridized carbons (Fsp3) is 0.0536. The molecule has 2 heteroatoms. The van der Waals surface area contributed by atoms with E-state index >= 15 is 0 Å². The van der Waals surface area contributed by atoms with E-state index in [-0.39, 0.29) is 5.41 Å². The van der Waals surface area contributed by atoms with Gasteiger partial charge in [-0.25, -0.2) is 4.98 Å². The van der Waals surface area contributed by atoms with Gasteiger partial charge in [-0.2, -0.15) is 0 Å². The number of aromatic nitrogens is 2. The molecule has 2 aromatic heterocycles. The lowest BCUT2D eigenvalue weighted by atomic mass is 9.81. The number of rotatable bonds is 6. The van der Waals surface area contributed by atoms with Crippen LogP contribution in [-0.4, -0.2) is 9.55 Å². The zero-order chi connectivity index (χ0) is 38.8. The van der Waals surface area contributed by atoms with Gasteiger partial charge in [0.1, 0.15) is 0 Å². The molecular weight excluding hydrogens is 701 g/mol. The Bertz CT molecular complexity index is 3090. The maximum absolute atomic E-state index is 5.09. The molecule has 0 unspecified atom stereocenters. The third-order valence-corrected chi connectivity index (χ3v) is 12.2. The van der Waals surface area contributed by atoms with Crippen molar-refractivity contribution in [3.63, 3.8) is 0 Å². The molecule has 0 spiro atoms. The van der Waals surface area contributed by atoms with Crippen LogP contribution in [0.25, 0.3) is 94.5 Å². The van der Waals surface area contributed by atoms with Gasteiger partial charge in [-0.1, -0.05) is 172 Å². The number of pyridine rings is 1. The molecule has 0 atom stereocenters. The lowest BCUT2D eigenvalue weighted by Gasteiger charge is -2.22. The number of para-hydroxylation sites is 1. The molecule has 0 aliphatic heterocycles. The zero-order valence-corrected chi connectivity index (χ0v) is 32.5. The number of hydrogen-bond acceptors (Lipinski definition) is 1. The van der Waals surface area contributed by atoms with Crippen LogP contribution in [0.2, 0.25) is 0 Å². The minimum atomic E-state index is -0.0166. The Morgan fingerprint density at radius 3 is 1.53 bits per heavy atom. The van der Waals surface area contributed by atoms with Crippen LogP contribution in [0.5, 0.6) is 0 Å². The highest BCUT2D eigenvalue weighted by Gasteiger charge is 2.35. The van der Waals surface area contributed by atoms with Crippen LogP contribution < -0.4 is 0 Å². The van der Waals surface area contributed by atoms with Crippen LogP contribution in [0, 0.1) is 0 Å². The van der Waals surface area contributed by atoms with E-state index < -0.39 is 0 Å². The monoisotopic (exact) mass is 740 g/mol. The number of hydrogen-bond donors (Lipinski definition) is 0. The third kappa shape index (κ3) is 5.60. The standard InChI is InChI=1S/C56H40N2/c1-56(2)50-19-11-9-17-46(50)47-31-27-43(34-51(47)56)38-23-21-37(22-24-38)42-28-32-55-49(33-42)48-18-10-12-20-54(48)58(55)45-29-25-39(26-30-45)44-35-52(40-13-5-3-6-14-40)57-53(36-44)41-15-7-4-8-16-41/h3-36H,1-2H3. The third-order valence-electron chi connectivity index (χ3n) is 12.2. The molecule has 0 N–H and O–H groups in total. The second kappa shape index (κ2) is 13.4. The molecule has 274 valence electrons. The Kier molecular flexibility index (Phi) is 7.87. The van der Waals surface area contributed by atoms with Gasteiger partial charge in [0.25, 0.3) is 0 Å². The zero-order valence-electron chi connectivity index (χ0n) is 32.5. The first-order valence-corrected chi connectivity index (χ1v) is 20.1. The molecule has 10 aromatic rings. The summed E-state index contributed by atoms with van der Waals surface area (Å²) in [6.07, 6.45) is 0. The molecule has 11 rings (SSSR count). The van der Waals surface area contributed by atoms with Gasteiger partial charge in [-0.05, 0) is 104 Å². The molecule has 58 heavy (non-hydrogen) atoms. The highest BCUT2D eigenvalue weighted by Crippen LogP contribution is 2.49. The van der Waals surface area contributed by atoms with Gasteiger partial charge in [0, 0.05) is 33.0 Å². The maximum Gasteiger partial charge on any atom is 0.0715 e. The molecular formula is C56H40N2. The summed E-state index contributed by atoms with van der Waals surface area (Å²) in [5.74, 6) is 0. The van der Waals surface area contributed by atoms with Crippen molar-refractivity contribution in [2.75, 3.05) is 0 Å². The van der Waals surface area contributed by atoms with Gasteiger partial charge < -0.3 is 4.57 Å². The van der Waals surface area contributed by atoms with E-state index in [1.165, 1.54) is 66.3 Å². The smallest absolute Gasteiger partial charge is 0.0715 e. The van der Waals surface area contributed by atoms with Gasteiger partial charge in [0.15, 0.2) is 0 Å². The summed E-state index contributed by atoms with van der Waals surface area (Å²) >= 11 is 0. The van der Waals surface area contributed by atoms with Crippen LogP contribution in [-0.2, 0) is 5.41 Å². The van der Waals surface area contributed by atoms with Crippen molar-refractivity contribution in [3.8, 4) is 72.7 Å². The summed E-state index contributed by atoms with van der Waals surface area (Å²) < 4.78 is 2.40. The van der Waals surface area contributed by atoms with Crippen molar-refractivity contribution in [1.29, 1.82) is 0 Å². The summed E-state index contributed by atoms with van der Waals surface area (Å²) in [5.41, 5.74) is 20.4. The van der Waals surface area contributed by atoms with Crippen LogP contribution >= 0.6 is 0 Å². The van der Waals surface area contributed by atoms with Gasteiger partial charge >= 0.3 is 0 Å². The first-order valence-electron chi connectivity index (χ1n) is 20.1. The van der Waals surface area contributed by atoms with E-state index in [2.05, 4.69) is 213 Å². The van der Waals surface area contributed by atoms with E-state index in [4.69, 9.17) is 4.98 Å². The lowest BCUT2D eigenvalue weighted by Crippen LogP contribution is -2.14. The topological polar surface area (TPSA) is 17.8 Å². The summed E-state index contributed by atoms with van der Waals surface area (Å²) in [7, 11) is 0. The van der Waals surface area contributed by atoms with Crippen LogP contribution in [0.15, 0.2) is 206 Å². The van der Waals surface area contributed by atoms with Crippen molar-refractivity contribution in [1.82, 2.24) is 9.55 Å². The van der Waals surface area contributed by atoms with Crippen LogP contribution in [0.3, 0.4) is 0 Å². The van der Waals surface area contributed by atoms with E-state index in [0.29, 0.717) is 0 Å². The van der Waals surface area contributed by atoms with E-state index in [0.717, 1.165) is 39.3 Å². The summed E-state index contributed by atoms with van der Waals surface area (Å²) in [5, 5.41) is 2.49. The summed E-state index contributed by atoms with van der Waals surface area (Å²) in [4.78, 5) is 5.09. The minimum Gasteiger partial charge on any atom is -0.309 e. The predicted molar refractivity (Wildman–Crippen MR) is 243 cm³/mol. The summed E-state index contributed by atoms with van der Waals surface area (Å²) in [6, 6.07) is 74.9. The fourth-order valence-corrected chi connectivity index (χ4v) is 9.18. The van der Waals surface area contributed by atoms with E-state index in [1.54, 1.807) is 0 Å². The molecule has 2 heterocycles. The average molecular weight is 741 g/mol. The molecule has 1 aliphatic carbocycles. The molecule has 0 saturated heterocycles. The largest absolute Gasteiger partial charge is 0.309 e. The lowest BCUT2D eigenvalue weighted by molar-refractivity contribution is 0.660. The van der Waals surface area contributed by atoms with Gasteiger partial charge in [0.2, 0.25) is 0 Å². The van der Waals surface area contributed by atoms with Crippen molar-refractivity contribution in [2.24, 2.45) is 0 Å². The SMILES string of the molecule is CC1(C)c2ccccc2-c2ccc(-c3ccc(-c4ccc5c(c4)c4ccccc4n5-c4ccc(-c5cc(-c6ccccc6)nc(-c6ccccc6)c5)cc4)cc3)cc21. The Morgan fingerprint density at radius 2 is 0.845 bits per heavy atom. The van der Waals surface area contributed by atoms with Crippen molar-refractivity contribution >= 4 is 21.8 Å². The molecule has 2 nitrogen and oxygen atoms in total. The molecule has 0 bridgehead atoms. The number of benzene rings is 8.